The van der Waals surface area contributed by atoms with Gasteiger partial charge in [-0.3, -0.25) is 0 Å². The normalized spacial score (nSPS) is 6.22. The van der Waals surface area contributed by atoms with Crippen molar-refractivity contribution in [3.05, 3.63) is 11.6 Å². The van der Waals surface area contributed by atoms with Crippen molar-refractivity contribution in [1.82, 2.24) is 0 Å². The number of carbonyl (C=O) groups is 1. The van der Waals surface area contributed by atoms with Crippen LogP contribution in [0.1, 0.15) is 13.8 Å². The van der Waals surface area contributed by atoms with Gasteiger partial charge in [-0.2, -0.15) is 0 Å². The molecule has 50 valence electrons. The molecule has 0 unspecified atom stereocenters. The SMILES string of the molecule is CC(C)=CC(=O)O.N#N. The molecule has 9 heavy (non-hydrogen) atoms. The van der Waals surface area contributed by atoms with Gasteiger partial charge in [-0.05, 0) is 13.8 Å². The Bertz CT molecular complexity index is 133. The summed E-state index contributed by atoms with van der Waals surface area (Å²) >= 11 is 0. The fourth-order valence-electron chi connectivity index (χ4n) is 0.247. The minimum Gasteiger partial charge on any atom is -0.478 e. The molecule has 4 nitrogen and oxygen atoms in total. The maximum atomic E-state index is 9.73. The van der Waals surface area contributed by atoms with Crippen LogP contribution in [0.25, 0.3) is 0 Å². The summed E-state index contributed by atoms with van der Waals surface area (Å²) in [4.78, 5) is 9.73. The first-order valence-corrected chi connectivity index (χ1v) is 2.21. The predicted octanol–water partition coefficient (Wildman–Crippen LogP) is 1.07. The first-order chi connectivity index (χ1) is 4.13. The Balaban J connectivity index is 0. The van der Waals surface area contributed by atoms with Gasteiger partial charge in [0.05, 0.1) is 0 Å². The highest BCUT2D eigenvalue weighted by Gasteiger charge is 1.83. The van der Waals surface area contributed by atoms with Crippen LogP contribution in [0.5, 0.6) is 0 Å². The van der Waals surface area contributed by atoms with E-state index in [1.807, 2.05) is 0 Å². The summed E-state index contributed by atoms with van der Waals surface area (Å²) in [6, 6.07) is 0. The van der Waals surface area contributed by atoms with Gasteiger partial charge in [0.15, 0.2) is 0 Å². The third-order valence-electron chi connectivity index (χ3n) is 0.412. The van der Waals surface area contributed by atoms with E-state index < -0.39 is 5.97 Å². The Morgan fingerprint density at radius 3 is 1.78 bits per heavy atom. The average molecular weight is 128 g/mol. The van der Waals surface area contributed by atoms with Gasteiger partial charge in [0.1, 0.15) is 0 Å². The molecule has 0 aromatic rings. The lowest BCUT2D eigenvalue weighted by Gasteiger charge is -1.79. The third-order valence-corrected chi connectivity index (χ3v) is 0.412. The number of carboxylic acids is 1. The van der Waals surface area contributed by atoms with Crippen LogP contribution in [0.15, 0.2) is 11.6 Å². The number of aliphatic carboxylic acids is 1. The zero-order valence-electron chi connectivity index (χ0n) is 5.33. The molecule has 0 aromatic heterocycles. The number of hydrogen-bond acceptors (Lipinski definition) is 3. The minimum atomic E-state index is -0.875. The fourth-order valence-corrected chi connectivity index (χ4v) is 0.247. The molecule has 0 heterocycles. The van der Waals surface area contributed by atoms with E-state index in [9.17, 15) is 4.79 Å². The molecule has 0 aliphatic carbocycles. The topological polar surface area (TPSA) is 84.9 Å². The van der Waals surface area contributed by atoms with Crippen molar-refractivity contribution in [2.45, 2.75) is 13.8 Å². The van der Waals surface area contributed by atoms with Gasteiger partial charge in [0, 0.05) is 16.9 Å². The summed E-state index contributed by atoms with van der Waals surface area (Å²) < 4.78 is 0. The number of rotatable bonds is 1. The van der Waals surface area contributed by atoms with Crippen LogP contribution in [-0.4, -0.2) is 11.1 Å². The molecule has 1 N–H and O–H groups in total. The zero-order chi connectivity index (χ0) is 7.86. The zero-order valence-corrected chi connectivity index (χ0v) is 5.33. The van der Waals surface area contributed by atoms with Crippen molar-refractivity contribution >= 4 is 5.97 Å². The number of carboxylic acid groups (broad SMARTS) is 1. The largest absolute Gasteiger partial charge is 0.478 e. The number of hydrogen-bond donors (Lipinski definition) is 1. The molecule has 0 bridgehead atoms. The van der Waals surface area contributed by atoms with Crippen LogP contribution < -0.4 is 0 Å². The first kappa shape index (κ1) is 10.6. The summed E-state index contributed by atoms with van der Waals surface area (Å²) in [6.45, 7) is 3.49. The second-order valence-electron chi connectivity index (χ2n) is 1.56. The van der Waals surface area contributed by atoms with E-state index in [2.05, 4.69) is 0 Å². The Morgan fingerprint density at radius 1 is 1.44 bits per heavy atom. The second kappa shape index (κ2) is 6.63. The van der Waals surface area contributed by atoms with Crippen LogP contribution >= 0.6 is 0 Å². The monoisotopic (exact) mass is 128 g/mol. The van der Waals surface area contributed by atoms with E-state index >= 15 is 0 Å². The number of allylic oxidation sites excluding steroid dienone is 1. The van der Waals surface area contributed by atoms with E-state index in [1.54, 1.807) is 13.8 Å². The van der Waals surface area contributed by atoms with Gasteiger partial charge in [0.25, 0.3) is 0 Å². The number of nitrogens with zero attached hydrogens (tertiary/aromatic N) is 2. The molecule has 0 aliphatic heterocycles. The summed E-state index contributed by atoms with van der Waals surface area (Å²) in [5, 5.41) is 20.0. The summed E-state index contributed by atoms with van der Waals surface area (Å²) in [5.74, 6) is -0.875. The molecular formula is C5H8N2O2. The summed E-state index contributed by atoms with van der Waals surface area (Å²) in [6.07, 6.45) is 1.17. The lowest BCUT2D eigenvalue weighted by Crippen LogP contribution is -1.86. The van der Waals surface area contributed by atoms with Crippen molar-refractivity contribution in [3.63, 3.8) is 0 Å². The molecule has 0 saturated heterocycles. The van der Waals surface area contributed by atoms with Crippen LogP contribution in [0.2, 0.25) is 0 Å². The van der Waals surface area contributed by atoms with Crippen molar-refractivity contribution < 1.29 is 9.90 Å². The molecule has 0 fully saturated rings. The van der Waals surface area contributed by atoms with E-state index in [0.717, 1.165) is 5.57 Å². The summed E-state index contributed by atoms with van der Waals surface area (Å²) in [5.41, 5.74) is 0.813. The Hall–Kier alpha value is -1.37. The van der Waals surface area contributed by atoms with Crippen molar-refractivity contribution in [1.29, 1.82) is 10.8 Å². The quantitative estimate of drug-likeness (QED) is 0.422. The van der Waals surface area contributed by atoms with E-state index in [0.29, 0.717) is 0 Å². The van der Waals surface area contributed by atoms with Gasteiger partial charge in [-0.1, -0.05) is 5.57 Å². The van der Waals surface area contributed by atoms with Crippen LogP contribution in [0.3, 0.4) is 0 Å². The molecule has 0 radical (unpaired) electrons. The molecule has 0 atom stereocenters. The Morgan fingerprint density at radius 2 is 1.78 bits per heavy atom. The van der Waals surface area contributed by atoms with Gasteiger partial charge in [0.2, 0.25) is 0 Å². The average Bonchev–Trinajstić information content (AvgIpc) is 1.68. The molecule has 4 heteroatoms. The highest BCUT2D eigenvalue weighted by molar-refractivity contribution is 5.80. The van der Waals surface area contributed by atoms with E-state index in [4.69, 9.17) is 15.9 Å². The van der Waals surface area contributed by atoms with Crippen molar-refractivity contribution in [2.75, 3.05) is 0 Å². The van der Waals surface area contributed by atoms with Crippen molar-refractivity contribution in [2.24, 2.45) is 0 Å². The highest BCUT2D eigenvalue weighted by Crippen LogP contribution is 1.85. The lowest BCUT2D eigenvalue weighted by molar-refractivity contribution is -0.131. The fraction of sp³-hybridized carbons (Fsp3) is 0.400. The molecule has 0 saturated carbocycles. The molecule has 0 aromatic carbocycles. The van der Waals surface area contributed by atoms with E-state index in [1.165, 1.54) is 6.08 Å². The predicted molar refractivity (Wildman–Crippen MR) is 30.5 cm³/mol. The molecule has 0 amide bonds. The molecule has 0 spiro atoms. The van der Waals surface area contributed by atoms with Gasteiger partial charge >= 0.3 is 5.97 Å². The maximum absolute atomic E-state index is 9.73. The lowest BCUT2D eigenvalue weighted by atomic mass is 10.3. The van der Waals surface area contributed by atoms with Gasteiger partial charge < -0.3 is 5.11 Å². The third kappa shape index (κ3) is 20.5. The van der Waals surface area contributed by atoms with Crippen LogP contribution in [0.4, 0.5) is 0 Å². The van der Waals surface area contributed by atoms with Crippen LogP contribution in [0, 0.1) is 10.8 Å². The van der Waals surface area contributed by atoms with Crippen LogP contribution in [-0.2, 0) is 4.79 Å². The standard InChI is InChI=1S/C5H8O2.N2/c1-4(2)3-5(6)7;1-2/h3H,1-2H3,(H,6,7);. The molecule has 0 aliphatic rings. The Kier molecular flexibility index (Phi) is 7.79. The minimum absolute atomic E-state index is 0.813. The van der Waals surface area contributed by atoms with Gasteiger partial charge in [-0.25, -0.2) is 4.79 Å². The molecule has 0 rings (SSSR count). The van der Waals surface area contributed by atoms with E-state index in [-0.39, 0.29) is 0 Å². The van der Waals surface area contributed by atoms with Crippen molar-refractivity contribution in [3.8, 4) is 0 Å². The molecular weight excluding hydrogens is 120 g/mol. The summed E-state index contributed by atoms with van der Waals surface area (Å²) in [7, 11) is 0. The smallest absolute Gasteiger partial charge is 0.328 e. The highest BCUT2D eigenvalue weighted by atomic mass is 16.4. The Labute approximate surface area is 53.2 Å². The maximum Gasteiger partial charge on any atom is 0.328 e. The van der Waals surface area contributed by atoms with Gasteiger partial charge in [-0.15, -0.1) is 0 Å². The second-order valence-corrected chi connectivity index (χ2v) is 1.56. The first-order valence-electron chi connectivity index (χ1n) is 2.21.